The summed E-state index contributed by atoms with van der Waals surface area (Å²) in [5.74, 6) is 0.938. The smallest absolute Gasteiger partial charge is 0.225 e. The van der Waals surface area contributed by atoms with Crippen molar-refractivity contribution in [2.75, 3.05) is 33.7 Å². The Kier molecular flexibility index (Phi) is 5.85. The Morgan fingerprint density at radius 2 is 2.05 bits per heavy atom. The lowest BCUT2D eigenvalue weighted by molar-refractivity contribution is -0.135. The normalized spacial score (nSPS) is 31.4. The van der Waals surface area contributed by atoms with E-state index in [1.807, 2.05) is 11.9 Å². The number of nitrogens with zero attached hydrogens (tertiary/aromatic N) is 2. The van der Waals surface area contributed by atoms with Crippen LogP contribution in [0.2, 0.25) is 0 Å². The predicted octanol–water partition coefficient (Wildman–Crippen LogP) is 1.69. The van der Waals surface area contributed by atoms with E-state index >= 15 is 0 Å². The van der Waals surface area contributed by atoms with E-state index in [1.165, 1.54) is 25.8 Å². The standard InChI is InChI=1S/C16H31N3O/c1-18-10-4-3-7-14(18)9-11-19(2)16(20)15-8-5-6-13(15)12-17/h13-15H,3-12,17H2,1-2H3/t13-,14?,15-/m1/s1. The van der Waals surface area contributed by atoms with Crippen LogP contribution in [0.5, 0.6) is 0 Å². The van der Waals surface area contributed by atoms with Gasteiger partial charge in [0.25, 0.3) is 0 Å². The third-order valence-electron chi connectivity index (χ3n) is 5.37. The fourth-order valence-electron chi connectivity index (χ4n) is 3.89. The van der Waals surface area contributed by atoms with E-state index in [9.17, 15) is 4.79 Å². The number of carbonyl (C=O) groups excluding carboxylic acids is 1. The Bertz CT molecular complexity index is 321. The van der Waals surface area contributed by atoms with Crippen LogP contribution in [0, 0.1) is 11.8 Å². The number of hydrogen-bond acceptors (Lipinski definition) is 3. The Morgan fingerprint density at radius 1 is 1.25 bits per heavy atom. The summed E-state index contributed by atoms with van der Waals surface area (Å²) in [7, 11) is 4.18. The third-order valence-corrected chi connectivity index (χ3v) is 5.37. The number of rotatable bonds is 5. The lowest BCUT2D eigenvalue weighted by atomic mass is 9.94. The van der Waals surface area contributed by atoms with Gasteiger partial charge in [-0.05, 0) is 58.2 Å². The first kappa shape index (κ1) is 15.8. The molecule has 0 bridgehead atoms. The summed E-state index contributed by atoms with van der Waals surface area (Å²) in [5.41, 5.74) is 5.79. The van der Waals surface area contributed by atoms with Crippen LogP contribution in [0.3, 0.4) is 0 Å². The first-order valence-corrected chi connectivity index (χ1v) is 8.28. The van der Waals surface area contributed by atoms with Crippen LogP contribution < -0.4 is 5.73 Å². The lowest BCUT2D eigenvalue weighted by Crippen LogP contribution is -2.41. The second kappa shape index (κ2) is 7.41. The van der Waals surface area contributed by atoms with Gasteiger partial charge in [0.1, 0.15) is 0 Å². The highest BCUT2D eigenvalue weighted by Gasteiger charge is 2.33. The largest absolute Gasteiger partial charge is 0.345 e. The SMILES string of the molecule is CN(CCC1CCCCN1C)C(=O)[C@@H]1CCC[C@@H]1CN. The summed E-state index contributed by atoms with van der Waals surface area (Å²) in [6.07, 6.45) is 8.39. The molecule has 2 rings (SSSR count). The molecule has 116 valence electrons. The van der Waals surface area contributed by atoms with Crippen LogP contribution in [0.1, 0.15) is 44.9 Å². The van der Waals surface area contributed by atoms with E-state index in [4.69, 9.17) is 5.73 Å². The summed E-state index contributed by atoms with van der Waals surface area (Å²) in [6, 6.07) is 0.660. The van der Waals surface area contributed by atoms with Gasteiger partial charge < -0.3 is 15.5 Å². The van der Waals surface area contributed by atoms with Gasteiger partial charge in [-0.3, -0.25) is 4.79 Å². The molecule has 2 fully saturated rings. The van der Waals surface area contributed by atoms with Crippen molar-refractivity contribution in [3.63, 3.8) is 0 Å². The van der Waals surface area contributed by atoms with Crippen LogP contribution in [0.15, 0.2) is 0 Å². The summed E-state index contributed by atoms with van der Waals surface area (Å²) in [4.78, 5) is 16.9. The van der Waals surface area contributed by atoms with Crippen LogP contribution in [-0.2, 0) is 4.79 Å². The lowest BCUT2D eigenvalue weighted by Gasteiger charge is -2.34. The third kappa shape index (κ3) is 3.73. The molecule has 2 aliphatic rings. The maximum absolute atomic E-state index is 12.5. The maximum atomic E-state index is 12.5. The minimum atomic E-state index is 0.189. The minimum absolute atomic E-state index is 0.189. The molecule has 0 aromatic heterocycles. The molecule has 2 N–H and O–H groups in total. The number of hydrogen-bond donors (Lipinski definition) is 1. The van der Waals surface area contributed by atoms with Crippen molar-refractivity contribution in [1.82, 2.24) is 9.80 Å². The minimum Gasteiger partial charge on any atom is -0.345 e. The van der Waals surface area contributed by atoms with Crippen molar-refractivity contribution in [2.45, 2.75) is 51.0 Å². The van der Waals surface area contributed by atoms with Crippen LogP contribution in [0.4, 0.5) is 0 Å². The molecule has 0 spiro atoms. The van der Waals surface area contributed by atoms with Gasteiger partial charge in [0.2, 0.25) is 5.91 Å². The van der Waals surface area contributed by atoms with E-state index in [0.29, 0.717) is 24.4 Å². The first-order valence-electron chi connectivity index (χ1n) is 8.28. The fourth-order valence-corrected chi connectivity index (χ4v) is 3.89. The number of piperidine rings is 1. The molecular weight excluding hydrogens is 250 g/mol. The number of nitrogens with two attached hydrogens (primary N) is 1. The zero-order chi connectivity index (χ0) is 14.5. The molecule has 0 aromatic carbocycles. The molecule has 4 nitrogen and oxygen atoms in total. The average Bonchev–Trinajstić information content (AvgIpc) is 2.93. The van der Waals surface area contributed by atoms with Gasteiger partial charge in [0.05, 0.1) is 0 Å². The van der Waals surface area contributed by atoms with Gasteiger partial charge in [-0.2, -0.15) is 0 Å². The molecular formula is C16H31N3O. The molecule has 1 heterocycles. The number of likely N-dealkylation sites (tertiary alicyclic amines) is 1. The topological polar surface area (TPSA) is 49.6 Å². The molecule has 1 unspecified atom stereocenters. The van der Waals surface area contributed by atoms with E-state index in [2.05, 4.69) is 11.9 Å². The van der Waals surface area contributed by atoms with Gasteiger partial charge in [-0.15, -0.1) is 0 Å². The Hall–Kier alpha value is -0.610. The second-order valence-electron chi connectivity index (χ2n) is 6.71. The first-order chi connectivity index (χ1) is 9.63. The number of carbonyl (C=O) groups is 1. The predicted molar refractivity (Wildman–Crippen MR) is 82.4 cm³/mol. The van der Waals surface area contributed by atoms with Crippen molar-refractivity contribution >= 4 is 5.91 Å². The molecule has 20 heavy (non-hydrogen) atoms. The van der Waals surface area contributed by atoms with Crippen molar-refractivity contribution in [3.05, 3.63) is 0 Å². The van der Waals surface area contributed by atoms with E-state index in [1.54, 1.807) is 0 Å². The maximum Gasteiger partial charge on any atom is 0.225 e. The zero-order valence-electron chi connectivity index (χ0n) is 13.2. The summed E-state index contributed by atoms with van der Waals surface area (Å²) in [6.45, 7) is 2.76. The summed E-state index contributed by atoms with van der Waals surface area (Å²) in [5, 5.41) is 0. The van der Waals surface area contributed by atoms with Gasteiger partial charge in [-0.1, -0.05) is 12.8 Å². The fraction of sp³-hybridized carbons (Fsp3) is 0.938. The molecule has 3 atom stereocenters. The molecule has 1 aliphatic carbocycles. The Morgan fingerprint density at radius 3 is 2.75 bits per heavy atom. The van der Waals surface area contributed by atoms with Gasteiger partial charge in [0.15, 0.2) is 0 Å². The molecule has 1 amide bonds. The van der Waals surface area contributed by atoms with Gasteiger partial charge in [0, 0.05) is 25.6 Å². The Balaban J connectivity index is 1.78. The van der Waals surface area contributed by atoms with E-state index < -0.39 is 0 Å². The highest BCUT2D eigenvalue weighted by Crippen LogP contribution is 2.32. The van der Waals surface area contributed by atoms with E-state index in [0.717, 1.165) is 32.2 Å². The van der Waals surface area contributed by atoms with Crippen molar-refractivity contribution < 1.29 is 4.79 Å². The molecule has 4 heteroatoms. The van der Waals surface area contributed by atoms with Crippen molar-refractivity contribution in [3.8, 4) is 0 Å². The average molecular weight is 281 g/mol. The van der Waals surface area contributed by atoms with Crippen LogP contribution in [0.25, 0.3) is 0 Å². The monoisotopic (exact) mass is 281 g/mol. The van der Waals surface area contributed by atoms with Gasteiger partial charge in [-0.25, -0.2) is 0 Å². The highest BCUT2D eigenvalue weighted by molar-refractivity contribution is 5.79. The van der Waals surface area contributed by atoms with Crippen LogP contribution in [-0.4, -0.2) is 55.5 Å². The molecule has 0 radical (unpaired) electrons. The Labute approximate surface area is 123 Å². The quantitative estimate of drug-likeness (QED) is 0.834. The zero-order valence-corrected chi connectivity index (χ0v) is 13.2. The summed E-state index contributed by atoms with van der Waals surface area (Å²) < 4.78 is 0. The molecule has 1 saturated heterocycles. The summed E-state index contributed by atoms with van der Waals surface area (Å²) >= 11 is 0. The highest BCUT2D eigenvalue weighted by atomic mass is 16.2. The van der Waals surface area contributed by atoms with Gasteiger partial charge >= 0.3 is 0 Å². The van der Waals surface area contributed by atoms with E-state index in [-0.39, 0.29) is 5.92 Å². The second-order valence-corrected chi connectivity index (χ2v) is 6.71. The molecule has 1 saturated carbocycles. The number of amides is 1. The van der Waals surface area contributed by atoms with Crippen molar-refractivity contribution in [2.24, 2.45) is 17.6 Å². The molecule has 1 aliphatic heterocycles. The van der Waals surface area contributed by atoms with Crippen molar-refractivity contribution in [1.29, 1.82) is 0 Å². The van der Waals surface area contributed by atoms with Crippen LogP contribution >= 0.6 is 0 Å². The molecule has 0 aromatic rings.